The van der Waals surface area contributed by atoms with Gasteiger partial charge in [0.2, 0.25) is 0 Å². The minimum atomic E-state index is -1.23. The lowest BCUT2D eigenvalue weighted by atomic mass is 9.86. The number of aliphatic imine (C=N–C) groups is 1. The summed E-state index contributed by atoms with van der Waals surface area (Å²) in [6.07, 6.45) is 0.626. The van der Waals surface area contributed by atoms with E-state index in [1.165, 1.54) is 11.8 Å². The minimum Gasteiger partial charge on any atom is -0.547 e. The second-order valence-electron chi connectivity index (χ2n) is 5.58. The number of thioether (sulfide) groups is 1. The average Bonchev–Trinajstić information content (AvgIpc) is 2.96. The highest BCUT2D eigenvalue weighted by Gasteiger charge is 2.45. The number of rotatable bonds is 4. The van der Waals surface area contributed by atoms with Gasteiger partial charge in [0.15, 0.2) is 0 Å². The zero-order valence-electron chi connectivity index (χ0n) is 13.1. The Morgan fingerprint density at radius 2 is 1.80 bits per heavy atom. The third-order valence-electron chi connectivity index (χ3n) is 4.14. The first-order valence-electron chi connectivity index (χ1n) is 7.56. The molecule has 3 rings (SSSR count). The molecule has 3 nitrogen and oxygen atoms in total. The molecule has 1 aliphatic rings. The van der Waals surface area contributed by atoms with Gasteiger partial charge in [-0.25, -0.2) is 0 Å². The third kappa shape index (κ3) is 3.41. The highest BCUT2D eigenvalue weighted by atomic mass is 35.5. The molecule has 1 aliphatic heterocycles. The van der Waals surface area contributed by atoms with Crippen LogP contribution in [0.1, 0.15) is 24.5 Å². The monoisotopic (exact) mass is 412 g/mol. The molecule has 0 bridgehead atoms. The van der Waals surface area contributed by atoms with Crippen LogP contribution in [0.25, 0.3) is 0 Å². The van der Waals surface area contributed by atoms with Crippen molar-refractivity contribution in [3.05, 3.63) is 68.7 Å². The highest BCUT2D eigenvalue weighted by molar-refractivity contribution is 8.02. The Morgan fingerprint density at radius 3 is 2.36 bits per heavy atom. The van der Waals surface area contributed by atoms with Gasteiger partial charge in [-0.2, -0.15) is 0 Å². The molecule has 2 atom stereocenters. The Balaban J connectivity index is 2.20. The van der Waals surface area contributed by atoms with Crippen LogP contribution >= 0.6 is 46.6 Å². The number of hydrogen-bond acceptors (Lipinski definition) is 4. The topological polar surface area (TPSA) is 52.5 Å². The standard InChI is InChI=1S/C18H14Cl3NO2S/c1-2-18(10-3-5-11(19)6-4-10)15(22-16(25-18)17(23)24)13-8-7-12(20)9-14(13)21/h3-9,16H,2H2,1H3,(H,23,24)/p-1. The molecule has 25 heavy (non-hydrogen) atoms. The van der Waals surface area contributed by atoms with Crippen molar-refractivity contribution in [1.29, 1.82) is 0 Å². The normalized spacial score (nSPS) is 22.7. The largest absolute Gasteiger partial charge is 0.547 e. The van der Waals surface area contributed by atoms with Gasteiger partial charge in [-0.05, 0) is 36.2 Å². The summed E-state index contributed by atoms with van der Waals surface area (Å²) in [7, 11) is 0. The van der Waals surface area contributed by atoms with E-state index >= 15 is 0 Å². The summed E-state index contributed by atoms with van der Waals surface area (Å²) >= 11 is 19.6. The third-order valence-corrected chi connectivity index (χ3v) is 6.58. The fourth-order valence-electron chi connectivity index (χ4n) is 2.94. The first-order valence-corrected chi connectivity index (χ1v) is 9.57. The number of aliphatic carboxylic acids is 1. The van der Waals surface area contributed by atoms with E-state index in [0.29, 0.717) is 32.8 Å². The Bertz CT molecular complexity index is 854. The molecule has 0 saturated heterocycles. The maximum Gasteiger partial charge on any atom is 0.136 e. The van der Waals surface area contributed by atoms with Crippen LogP contribution in [0, 0.1) is 0 Å². The van der Waals surface area contributed by atoms with Gasteiger partial charge in [0.05, 0.1) is 21.5 Å². The molecule has 0 saturated carbocycles. The van der Waals surface area contributed by atoms with Crippen molar-refractivity contribution in [2.75, 3.05) is 0 Å². The lowest BCUT2D eigenvalue weighted by molar-refractivity contribution is -0.304. The molecule has 2 unspecified atom stereocenters. The predicted octanol–water partition coefficient (Wildman–Crippen LogP) is 4.56. The molecule has 0 amide bonds. The van der Waals surface area contributed by atoms with E-state index in [1.807, 2.05) is 19.1 Å². The van der Waals surface area contributed by atoms with Crippen LogP contribution in [0.5, 0.6) is 0 Å². The summed E-state index contributed by atoms with van der Waals surface area (Å²) in [6.45, 7) is 1.98. The Labute approximate surface area is 165 Å². The molecule has 2 aromatic carbocycles. The lowest BCUT2D eigenvalue weighted by Crippen LogP contribution is -2.33. The molecule has 1 heterocycles. The lowest BCUT2D eigenvalue weighted by Gasteiger charge is -2.31. The number of benzene rings is 2. The smallest absolute Gasteiger partial charge is 0.136 e. The molecule has 0 aliphatic carbocycles. The summed E-state index contributed by atoms with van der Waals surface area (Å²) in [5, 5.41) is 12.0. The molecular formula is C18H13Cl3NO2S-. The Hall–Kier alpha value is -1.20. The van der Waals surface area contributed by atoms with Crippen molar-refractivity contribution >= 4 is 58.2 Å². The van der Waals surface area contributed by atoms with Crippen LogP contribution in [0.15, 0.2) is 47.5 Å². The SMILES string of the molecule is CCC1(c2ccc(Cl)cc2)SC(C(=O)[O-])N=C1c1ccc(Cl)cc1Cl. The molecule has 130 valence electrons. The zero-order chi connectivity index (χ0) is 18.2. The van der Waals surface area contributed by atoms with E-state index in [4.69, 9.17) is 34.8 Å². The number of hydrogen-bond donors (Lipinski definition) is 0. The fourth-order valence-corrected chi connectivity index (χ4v) is 4.92. The van der Waals surface area contributed by atoms with Crippen LogP contribution < -0.4 is 5.11 Å². The van der Waals surface area contributed by atoms with Crippen LogP contribution in [0.2, 0.25) is 15.1 Å². The van der Waals surface area contributed by atoms with Crippen LogP contribution in [-0.2, 0) is 9.54 Å². The Kier molecular flexibility index (Phi) is 5.35. The maximum atomic E-state index is 11.5. The number of carbonyl (C=O) groups excluding carboxylic acids is 1. The molecular weight excluding hydrogens is 401 g/mol. The van der Waals surface area contributed by atoms with Gasteiger partial charge in [0.1, 0.15) is 5.37 Å². The fraction of sp³-hybridized carbons (Fsp3) is 0.222. The van der Waals surface area contributed by atoms with Gasteiger partial charge in [0, 0.05) is 15.6 Å². The van der Waals surface area contributed by atoms with Gasteiger partial charge in [-0.3, -0.25) is 4.99 Å². The highest BCUT2D eigenvalue weighted by Crippen LogP contribution is 2.51. The second-order valence-corrected chi connectivity index (χ2v) is 8.24. The summed E-state index contributed by atoms with van der Waals surface area (Å²) in [4.78, 5) is 15.9. The van der Waals surface area contributed by atoms with Crippen molar-refractivity contribution in [1.82, 2.24) is 0 Å². The van der Waals surface area contributed by atoms with E-state index in [-0.39, 0.29) is 0 Å². The van der Waals surface area contributed by atoms with Crippen LogP contribution in [0.3, 0.4) is 0 Å². The van der Waals surface area contributed by atoms with Gasteiger partial charge in [-0.1, -0.05) is 59.9 Å². The molecule has 0 spiro atoms. The van der Waals surface area contributed by atoms with Crippen molar-refractivity contribution in [3.63, 3.8) is 0 Å². The molecule has 0 N–H and O–H groups in total. The van der Waals surface area contributed by atoms with Gasteiger partial charge in [0.25, 0.3) is 0 Å². The van der Waals surface area contributed by atoms with E-state index in [1.54, 1.807) is 30.3 Å². The van der Waals surface area contributed by atoms with E-state index in [9.17, 15) is 9.90 Å². The summed E-state index contributed by atoms with van der Waals surface area (Å²) < 4.78 is -0.660. The second kappa shape index (κ2) is 7.20. The van der Waals surface area contributed by atoms with Gasteiger partial charge < -0.3 is 9.90 Å². The summed E-state index contributed by atoms with van der Waals surface area (Å²) in [5.74, 6) is -1.23. The molecule has 7 heteroatoms. The summed E-state index contributed by atoms with van der Waals surface area (Å²) in [6, 6.07) is 12.4. The number of nitrogens with zero attached hydrogens (tertiary/aromatic N) is 1. The Morgan fingerprint density at radius 1 is 1.16 bits per heavy atom. The first kappa shape index (κ1) is 18.6. The quantitative estimate of drug-likeness (QED) is 0.738. The predicted molar refractivity (Wildman–Crippen MR) is 103 cm³/mol. The van der Waals surface area contributed by atoms with Gasteiger partial charge >= 0.3 is 0 Å². The van der Waals surface area contributed by atoms with Crippen molar-refractivity contribution < 1.29 is 9.90 Å². The maximum absolute atomic E-state index is 11.5. The van der Waals surface area contributed by atoms with E-state index < -0.39 is 16.1 Å². The molecule has 0 fully saturated rings. The first-order chi connectivity index (χ1) is 11.9. The van der Waals surface area contributed by atoms with Crippen LogP contribution in [-0.4, -0.2) is 17.1 Å². The van der Waals surface area contributed by atoms with E-state index in [0.717, 1.165) is 5.56 Å². The number of carbonyl (C=O) groups is 1. The number of carboxylic acids is 1. The number of halogens is 3. The van der Waals surface area contributed by atoms with Gasteiger partial charge in [-0.15, -0.1) is 11.8 Å². The average molecular weight is 414 g/mol. The van der Waals surface area contributed by atoms with Crippen LogP contribution in [0.4, 0.5) is 0 Å². The zero-order valence-corrected chi connectivity index (χ0v) is 16.2. The minimum absolute atomic E-state index is 0.428. The molecule has 0 aromatic heterocycles. The summed E-state index contributed by atoms with van der Waals surface area (Å²) in [5.41, 5.74) is 2.19. The van der Waals surface area contributed by atoms with Crippen molar-refractivity contribution in [3.8, 4) is 0 Å². The number of carboxylic acid groups (broad SMARTS) is 1. The molecule has 0 radical (unpaired) electrons. The van der Waals surface area contributed by atoms with Crippen molar-refractivity contribution in [2.24, 2.45) is 4.99 Å². The van der Waals surface area contributed by atoms with E-state index in [2.05, 4.69) is 4.99 Å². The van der Waals surface area contributed by atoms with Crippen molar-refractivity contribution in [2.45, 2.75) is 23.5 Å². The molecule has 2 aromatic rings.